The van der Waals surface area contributed by atoms with Crippen molar-refractivity contribution in [3.05, 3.63) is 12.3 Å². The predicted molar refractivity (Wildman–Crippen MR) is 67.4 cm³/mol. The van der Waals surface area contributed by atoms with Crippen molar-refractivity contribution in [2.75, 3.05) is 0 Å². The number of nitrogens with one attached hydrogen (secondary N) is 2. The normalized spacial score (nSPS) is 43.0. The van der Waals surface area contributed by atoms with Gasteiger partial charge in [-0.2, -0.15) is 0 Å². The summed E-state index contributed by atoms with van der Waals surface area (Å²) in [5, 5.41) is 6.03. The lowest BCUT2D eigenvalue weighted by Crippen LogP contribution is -2.61. The maximum Gasteiger partial charge on any atom is 0.319 e. The molecule has 0 atom stereocenters. The summed E-state index contributed by atoms with van der Waals surface area (Å²) >= 11 is 0. The first-order valence-corrected chi connectivity index (χ1v) is 6.89. The van der Waals surface area contributed by atoms with Crippen LogP contribution in [0.25, 0.3) is 0 Å². The SMILES string of the molecule is CC=CNC(=O)NC12CC3CC(CC(C3)C1)C2. The third kappa shape index (κ3) is 2.07. The summed E-state index contributed by atoms with van der Waals surface area (Å²) in [6, 6.07) is -0.0231. The van der Waals surface area contributed by atoms with Gasteiger partial charge in [0.05, 0.1) is 0 Å². The Morgan fingerprint density at radius 1 is 1.12 bits per heavy atom. The molecule has 4 bridgehead atoms. The number of hydrogen-bond donors (Lipinski definition) is 2. The quantitative estimate of drug-likeness (QED) is 0.758. The van der Waals surface area contributed by atoms with Crippen LogP contribution in [0, 0.1) is 17.8 Å². The second-order valence-corrected chi connectivity index (χ2v) is 6.30. The van der Waals surface area contributed by atoms with Crippen molar-refractivity contribution in [3.63, 3.8) is 0 Å². The molecule has 4 saturated carbocycles. The number of rotatable bonds is 2. The van der Waals surface area contributed by atoms with E-state index in [1.54, 1.807) is 6.20 Å². The van der Waals surface area contributed by atoms with Gasteiger partial charge >= 0.3 is 6.03 Å². The zero-order chi connectivity index (χ0) is 11.9. The Morgan fingerprint density at radius 3 is 2.12 bits per heavy atom. The molecule has 2 N–H and O–H groups in total. The number of urea groups is 1. The molecule has 3 nitrogen and oxygen atoms in total. The molecule has 2 amide bonds. The third-order valence-corrected chi connectivity index (χ3v) is 4.80. The van der Waals surface area contributed by atoms with Crippen LogP contribution < -0.4 is 10.6 Å². The van der Waals surface area contributed by atoms with E-state index in [9.17, 15) is 4.79 Å². The molecule has 0 aromatic rings. The van der Waals surface area contributed by atoms with Crippen molar-refractivity contribution in [2.24, 2.45) is 17.8 Å². The number of allylic oxidation sites excluding steroid dienone is 1. The van der Waals surface area contributed by atoms with E-state index in [2.05, 4.69) is 10.6 Å². The monoisotopic (exact) mass is 234 g/mol. The highest BCUT2D eigenvalue weighted by atomic mass is 16.2. The molecule has 0 aromatic heterocycles. The van der Waals surface area contributed by atoms with Crippen molar-refractivity contribution >= 4 is 6.03 Å². The van der Waals surface area contributed by atoms with Crippen LogP contribution in [0.3, 0.4) is 0 Å². The van der Waals surface area contributed by atoms with Gasteiger partial charge in [0.15, 0.2) is 0 Å². The summed E-state index contributed by atoms with van der Waals surface area (Å²) in [6.45, 7) is 1.91. The number of carbonyl (C=O) groups is 1. The fourth-order valence-electron chi connectivity index (χ4n) is 4.70. The van der Waals surface area contributed by atoms with E-state index in [1.165, 1.54) is 38.5 Å². The van der Waals surface area contributed by atoms with Crippen LogP contribution in [0.5, 0.6) is 0 Å². The molecule has 4 fully saturated rings. The maximum atomic E-state index is 11.8. The van der Waals surface area contributed by atoms with Crippen LogP contribution in [0.4, 0.5) is 4.79 Å². The molecule has 17 heavy (non-hydrogen) atoms. The van der Waals surface area contributed by atoms with Crippen LogP contribution in [0.2, 0.25) is 0 Å². The van der Waals surface area contributed by atoms with Crippen LogP contribution in [-0.4, -0.2) is 11.6 Å². The first-order chi connectivity index (χ1) is 8.19. The predicted octanol–water partition coefficient (Wildman–Crippen LogP) is 2.79. The number of carbonyl (C=O) groups excluding carboxylic acids is 1. The van der Waals surface area contributed by atoms with Crippen molar-refractivity contribution < 1.29 is 4.79 Å². The molecule has 0 unspecified atom stereocenters. The Morgan fingerprint density at radius 2 is 1.65 bits per heavy atom. The molecule has 0 radical (unpaired) electrons. The van der Waals surface area contributed by atoms with E-state index >= 15 is 0 Å². The second-order valence-electron chi connectivity index (χ2n) is 6.30. The lowest BCUT2D eigenvalue weighted by atomic mass is 9.53. The van der Waals surface area contributed by atoms with Gasteiger partial charge in [0.25, 0.3) is 0 Å². The van der Waals surface area contributed by atoms with Crippen molar-refractivity contribution in [1.82, 2.24) is 10.6 Å². The van der Waals surface area contributed by atoms with E-state index in [4.69, 9.17) is 0 Å². The molecular weight excluding hydrogens is 212 g/mol. The minimum absolute atomic E-state index is 0.0231. The highest BCUT2D eigenvalue weighted by Crippen LogP contribution is 2.55. The number of amides is 2. The topological polar surface area (TPSA) is 41.1 Å². The zero-order valence-electron chi connectivity index (χ0n) is 10.5. The molecule has 4 aliphatic carbocycles. The van der Waals surface area contributed by atoms with Crippen molar-refractivity contribution in [1.29, 1.82) is 0 Å². The van der Waals surface area contributed by atoms with Gasteiger partial charge in [-0.15, -0.1) is 0 Å². The van der Waals surface area contributed by atoms with Crippen molar-refractivity contribution in [2.45, 2.75) is 51.0 Å². The highest BCUT2D eigenvalue weighted by molar-refractivity contribution is 5.75. The van der Waals surface area contributed by atoms with Crippen LogP contribution in [-0.2, 0) is 0 Å². The average Bonchev–Trinajstić information content (AvgIpc) is 2.23. The Bertz CT molecular complexity index is 313. The summed E-state index contributed by atoms with van der Waals surface area (Å²) in [4.78, 5) is 11.8. The molecule has 4 rings (SSSR count). The summed E-state index contributed by atoms with van der Waals surface area (Å²) in [5.41, 5.74) is 0.125. The van der Waals surface area contributed by atoms with Crippen LogP contribution >= 0.6 is 0 Å². The minimum Gasteiger partial charge on any atom is -0.332 e. The van der Waals surface area contributed by atoms with Gasteiger partial charge in [0.2, 0.25) is 0 Å². The molecule has 4 aliphatic rings. The van der Waals surface area contributed by atoms with Gasteiger partial charge in [-0.1, -0.05) is 6.08 Å². The highest BCUT2D eigenvalue weighted by Gasteiger charge is 2.51. The smallest absolute Gasteiger partial charge is 0.319 e. The third-order valence-electron chi connectivity index (χ3n) is 4.80. The number of hydrogen-bond acceptors (Lipinski definition) is 1. The molecule has 0 aromatic carbocycles. The fraction of sp³-hybridized carbons (Fsp3) is 0.786. The Kier molecular flexibility index (Phi) is 2.64. The van der Waals surface area contributed by atoms with Gasteiger partial charge < -0.3 is 10.6 Å². The Balaban J connectivity index is 1.67. The van der Waals surface area contributed by atoms with Gasteiger partial charge in [-0.25, -0.2) is 4.79 Å². The maximum absolute atomic E-state index is 11.8. The molecule has 0 heterocycles. The lowest BCUT2D eigenvalue weighted by Gasteiger charge is -2.56. The van der Waals surface area contributed by atoms with Gasteiger partial charge in [-0.3, -0.25) is 0 Å². The molecule has 0 saturated heterocycles. The molecule has 3 heteroatoms. The zero-order valence-corrected chi connectivity index (χ0v) is 10.5. The Labute approximate surface area is 103 Å². The molecule has 94 valence electrons. The van der Waals surface area contributed by atoms with Crippen molar-refractivity contribution in [3.8, 4) is 0 Å². The van der Waals surface area contributed by atoms with E-state index < -0.39 is 0 Å². The molecule has 0 aliphatic heterocycles. The van der Waals surface area contributed by atoms with Gasteiger partial charge in [0.1, 0.15) is 0 Å². The van der Waals surface area contributed by atoms with E-state index in [1.807, 2.05) is 13.0 Å². The first kappa shape index (κ1) is 11.1. The van der Waals surface area contributed by atoms with Gasteiger partial charge in [-0.05, 0) is 63.2 Å². The largest absolute Gasteiger partial charge is 0.332 e. The second kappa shape index (κ2) is 4.04. The summed E-state index contributed by atoms with van der Waals surface area (Å²) in [5.74, 6) is 2.63. The first-order valence-electron chi connectivity index (χ1n) is 6.89. The van der Waals surface area contributed by atoms with E-state index in [0.29, 0.717) is 0 Å². The van der Waals surface area contributed by atoms with Gasteiger partial charge in [0, 0.05) is 11.7 Å². The molecule has 0 spiro atoms. The summed E-state index contributed by atoms with van der Waals surface area (Å²) < 4.78 is 0. The van der Waals surface area contributed by atoms with E-state index in [-0.39, 0.29) is 11.6 Å². The average molecular weight is 234 g/mol. The van der Waals surface area contributed by atoms with E-state index in [0.717, 1.165) is 17.8 Å². The standard InChI is InChI=1S/C14H22N2O/c1-2-3-15-13(17)16-14-7-10-4-11(8-14)6-12(5-10)9-14/h2-3,10-12H,4-9H2,1H3,(H2,15,16,17). The van der Waals surface area contributed by atoms with Crippen LogP contribution in [0.15, 0.2) is 12.3 Å². The fourth-order valence-corrected chi connectivity index (χ4v) is 4.70. The molecular formula is C14H22N2O. The Hall–Kier alpha value is -0.990. The summed E-state index contributed by atoms with van der Waals surface area (Å²) in [7, 11) is 0. The summed E-state index contributed by atoms with van der Waals surface area (Å²) in [6.07, 6.45) is 11.4. The lowest BCUT2D eigenvalue weighted by molar-refractivity contribution is -0.0133. The van der Waals surface area contributed by atoms with Crippen LogP contribution in [0.1, 0.15) is 45.4 Å². The minimum atomic E-state index is -0.0231.